The molecule has 0 aliphatic carbocycles. The standard InChI is InChI=1S/C14H18ClNO4/c1-10(2)16(9-14(18)19)13(17)6-7-20-12-5-3-4-11(15)8-12/h3-5,8,10H,6-7,9H2,1-2H3,(H,18,19). The van der Waals surface area contributed by atoms with Gasteiger partial charge in [-0.05, 0) is 32.0 Å². The van der Waals surface area contributed by atoms with E-state index < -0.39 is 5.97 Å². The van der Waals surface area contributed by atoms with Gasteiger partial charge in [-0.2, -0.15) is 0 Å². The summed E-state index contributed by atoms with van der Waals surface area (Å²) in [5, 5.41) is 9.33. The highest BCUT2D eigenvalue weighted by Crippen LogP contribution is 2.17. The maximum absolute atomic E-state index is 11.9. The first-order chi connectivity index (χ1) is 9.40. The van der Waals surface area contributed by atoms with Crippen molar-refractivity contribution in [2.75, 3.05) is 13.2 Å². The fraction of sp³-hybridized carbons (Fsp3) is 0.429. The number of carbonyl (C=O) groups excluding carboxylic acids is 1. The lowest BCUT2D eigenvalue weighted by Gasteiger charge is -2.24. The van der Waals surface area contributed by atoms with Crippen LogP contribution in [0.5, 0.6) is 5.75 Å². The van der Waals surface area contributed by atoms with Crippen LogP contribution in [0.2, 0.25) is 5.02 Å². The molecule has 6 heteroatoms. The van der Waals surface area contributed by atoms with E-state index in [4.69, 9.17) is 21.4 Å². The predicted octanol–water partition coefficient (Wildman–Crippen LogP) is 2.43. The third kappa shape index (κ3) is 5.48. The molecule has 0 radical (unpaired) electrons. The van der Waals surface area contributed by atoms with Crippen molar-refractivity contribution in [3.8, 4) is 5.75 Å². The third-order valence-corrected chi connectivity index (χ3v) is 2.87. The van der Waals surface area contributed by atoms with E-state index in [0.717, 1.165) is 0 Å². The van der Waals surface area contributed by atoms with E-state index in [1.54, 1.807) is 38.1 Å². The molecule has 0 saturated heterocycles. The summed E-state index contributed by atoms with van der Waals surface area (Å²) >= 11 is 5.82. The molecule has 0 fully saturated rings. The first kappa shape index (κ1) is 16.3. The summed E-state index contributed by atoms with van der Waals surface area (Å²) in [5.74, 6) is -0.688. The fourth-order valence-corrected chi connectivity index (χ4v) is 1.84. The number of ether oxygens (including phenoxy) is 1. The summed E-state index contributed by atoms with van der Waals surface area (Å²) in [4.78, 5) is 24.0. The van der Waals surface area contributed by atoms with Gasteiger partial charge in [0.1, 0.15) is 12.3 Å². The molecular weight excluding hydrogens is 282 g/mol. The number of carboxylic acids is 1. The summed E-state index contributed by atoms with van der Waals surface area (Å²) in [5.41, 5.74) is 0. The Balaban J connectivity index is 2.47. The zero-order valence-corrected chi connectivity index (χ0v) is 12.3. The van der Waals surface area contributed by atoms with Gasteiger partial charge in [0.15, 0.2) is 0 Å². The summed E-state index contributed by atoms with van der Waals surface area (Å²) in [6.45, 7) is 3.44. The van der Waals surface area contributed by atoms with Gasteiger partial charge in [-0.3, -0.25) is 9.59 Å². The quantitative estimate of drug-likeness (QED) is 0.839. The molecule has 0 aliphatic heterocycles. The van der Waals surface area contributed by atoms with Gasteiger partial charge in [-0.15, -0.1) is 0 Å². The highest BCUT2D eigenvalue weighted by atomic mass is 35.5. The molecule has 1 N–H and O–H groups in total. The molecule has 0 unspecified atom stereocenters. The van der Waals surface area contributed by atoms with Gasteiger partial charge < -0.3 is 14.7 Å². The van der Waals surface area contributed by atoms with E-state index in [1.165, 1.54) is 4.90 Å². The van der Waals surface area contributed by atoms with Crippen molar-refractivity contribution in [3.05, 3.63) is 29.3 Å². The molecule has 0 spiro atoms. The zero-order chi connectivity index (χ0) is 15.1. The lowest BCUT2D eigenvalue weighted by molar-refractivity contribution is -0.146. The Morgan fingerprint density at radius 1 is 1.40 bits per heavy atom. The van der Waals surface area contributed by atoms with E-state index in [0.29, 0.717) is 10.8 Å². The molecule has 1 aromatic carbocycles. The van der Waals surface area contributed by atoms with Crippen molar-refractivity contribution in [1.29, 1.82) is 0 Å². The Morgan fingerprint density at radius 3 is 2.65 bits per heavy atom. The van der Waals surface area contributed by atoms with Crippen molar-refractivity contribution < 1.29 is 19.4 Å². The van der Waals surface area contributed by atoms with Crippen LogP contribution in [-0.2, 0) is 9.59 Å². The minimum absolute atomic E-state index is 0.123. The molecular formula is C14H18ClNO4. The predicted molar refractivity (Wildman–Crippen MR) is 76.0 cm³/mol. The Morgan fingerprint density at radius 2 is 2.10 bits per heavy atom. The number of aliphatic carboxylic acids is 1. The SMILES string of the molecule is CC(C)N(CC(=O)O)C(=O)CCOc1cccc(Cl)c1. The molecule has 1 aromatic rings. The maximum atomic E-state index is 11.9. The van der Waals surface area contributed by atoms with Crippen molar-refractivity contribution in [3.63, 3.8) is 0 Å². The van der Waals surface area contributed by atoms with Crippen LogP contribution in [0.1, 0.15) is 20.3 Å². The van der Waals surface area contributed by atoms with Gasteiger partial charge in [-0.1, -0.05) is 17.7 Å². The number of carboxylic acid groups (broad SMARTS) is 1. The van der Waals surface area contributed by atoms with E-state index in [9.17, 15) is 9.59 Å². The molecule has 20 heavy (non-hydrogen) atoms. The van der Waals surface area contributed by atoms with Gasteiger partial charge in [-0.25, -0.2) is 0 Å². The molecule has 5 nitrogen and oxygen atoms in total. The van der Waals surface area contributed by atoms with Crippen molar-refractivity contribution in [2.45, 2.75) is 26.3 Å². The minimum Gasteiger partial charge on any atom is -0.493 e. The summed E-state index contributed by atoms with van der Waals surface area (Å²) in [7, 11) is 0. The molecule has 0 heterocycles. The topological polar surface area (TPSA) is 66.8 Å². The first-order valence-corrected chi connectivity index (χ1v) is 6.67. The molecule has 110 valence electrons. The average Bonchev–Trinajstić information content (AvgIpc) is 2.35. The number of halogens is 1. The number of nitrogens with zero attached hydrogens (tertiary/aromatic N) is 1. The van der Waals surface area contributed by atoms with Gasteiger partial charge >= 0.3 is 5.97 Å². The number of carbonyl (C=O) groups is 2. The highest BCUT2D eigenvalue weighted by Gasteiger charge is 2.19. The lowest BCUT2D eigenvalue weighted by Crippen LogP contribution is -2.41. The van der Waals surface area contributed by atoms with Crippen LogP contribution in [0, 0.1) is 0 Å². The van der Waals surface area contributed by atoms with Gasteiger partial charge in [0.05, 0.1) is 13.0 Å². The van der Waals surface area contributed by atoms with Crippen LogP contribution in [0.15, 0.2) is 24.3 Å². The molecule has 0 atom stereocenters. The fourth-order valence-electron chi connectivity index (χ4n) is 1.66. The summed E-state index contributed by atoms with van der Waals surface area (Å²) in [6.07, 6.45) is 0.123. The number of hydrogen-bond acceptors (Lipinski definition) is 3. The Bertz CT molecular complexity index is 476. The third-order valence-electron chi connectivity index (χ3n) is 2.63. The Labute approximate surface area is 123 Å². The minimum atomic E-state index is -1.03. The molecule has 0 aromatic heterocycles. The largest absolute Gasteiger partial charge is 0.493 e. The van der Waals surface area contributed by atoms with Crippen molar-refractivity contribution in [2.24, 2.45) is 0 Å². The van der Waals surface area contributed by atoms with E-state index in [2.05, 4.69) is 0 Å². The monoisotopic (exact) mass is 299 g/mol. The number of rotatable bonds is 7. The smallest absolute Gasteiger partial charge is 0.323 e. The lowest BCUT2D eigenvalue weighted by atomic mass is 10.2. The van der Waals surface area contributed by atoms with Crippen molar-refractivity contribution in [1.82, 2.24) is 4.90 Å². The maximum Gasteiger partial charge on any atom is 0.323 e. The number of amides is 1. The summed E-state index contributed by atoms with van der Waals surface area (Å²) < 4.78 is 5.41. The van der Waals surface area contributed by atoms with Crippen LogP contribution < -0.4 is 4.74 Å². The number of benzene rings is 1. The molecule has 1 rings (SSSR count). The molecule has 0 bridgehead atoms. The second kappa shape index (κ2) is 7.75. The molecule has 1 amide bonds. The van der Waals surface area contributed by atoms with E-state index in [-0.39, 0.29) is 31.5 Å². The van der Waals surface area contributed by atoms with Crippen LogP contribution in [0.3, 0.4) is 0 Å². The van der Waals surface area contributed by atoms with Crippen LogP contribution in [0.25, 0.3) is 0 Å². The second-order valence-electron chi connectivity index (χ2n) is 4.56. The zero-order valence-electron chi connectivity index (χ0n) is 11.5. The number of hydrogen-bond donors (Lipinski definition) is 1. The van der Waals surface area contributed by atoms with Crippen molar-refractivity contribution >= 4 is 23.5 Å². The van der Waals surface area contributed by atoms with E-state index >= 15 is 0 Å². The van der Waals surface area contributed by atoms with Gasteiger partial charge in [0.2, 0.25) is 5.91 Å². The van der Waals surface area contributed by atoms with Crippen LogP contribution >= 0.6 is 11.6 Å². The Kier molecular flexibility index (Phi) is 6.31. The normalized spacial score (nSPS) is 10.4. The Hall–Kier alpha value is -1.75. The van der Waals surface area contributed by atoms with Gasteiger partial charge in [0.25, 0.3) is 0 Å². The van der Waals surface area contributed by atoms with E-state index in [1.807, 2.05) is 0 Å². The summed E-state index contributed by atoms with van der Waals surface area (Å²) in [6, 6.07) is 6.72. The first-order valence-electron chi connectivity index (χ1n) is 6.29. The van der Waals surface area contributed by atoms with Crippen LogP contribution in [-0.4, -0.2) is 41.1 Å². The average molecular weight is 300 g/mol. The van der Waals surface area contributed by atoms with Crippen LogP contribution in [0.4, 0.5) is 0 Å². The van der Waals surface area contributed by atoms with Gasteiger partial charge in [0, 0.05) is 11.1 Å². The highest BCUT2D eigenvalue weighted by molar-refractivity contribution is 6.30. The molecule has 0 aliphatic rings. The second-order valence-corrected chi connectivity index (χ2v) is 5.00. The molecule has 0 saturated carbocycles.